The number of aromatic nitrogens is 1. The standard InChI is InChI=1S/C17H18N2O2/c1-2-9-20-14-7-8-16-15(10-14)19-17(21-16)13-5-3-12(11-18)4-6-13/h3-8,10H,2,9,11,18H2,1H3. The highest BCUT2D eigenvalue weighted by Gasteiger charge is 2.09. The highest BCUT2D eigenvalue weighted by atomic mass is 16.5. The van der Waals surface area contributed by atoms with Crippen LogP contribution in [0.4, 0.5) is 0 Å². The van der Waals surface area contributed by atoms with Crippen LogP contribution in [0.25, 0.3) is 22.6 Å². The molecule has 0 unspecified atom stereocenters. The van der Waals surface area contributed by atoms with Crippen molar-refractivity contribution in [1.82, 2.24) is 4.98 Å². The average Bonchev–Trinajstić information content (AvgIpc) is 2.96. The van der Waals surface area contributed by atoms with Crippen molar-refractivity contribution in [2.75, 3.05) is 6.61 Å². The van der Waals surface area contributed by atoms with E-state index in [0.29, 0.717) is 19.0 Å². The van der Waals surface area contributed by atoms with Gasteiger partial charge in [-0.15, -0.1) is 0 Å². The van der Waals surface area contributed by atoms with E-state index in [1.807, 2.05) is 42.5 Å². The van der Waals surface area contributed by atoms with E-state index in [-0.39, 0.29) is 0 Å². The summed E-state index contributed by atoms with van der Waals surface area (Å²) in [5.41, 5.74) is 9.20. The third kappa shape index (κ3) is 2.90. The second-order valence-electron chi connectivity index (χ2n) is 4.90. The Morgan fingerprint density at radius 2 is 1.95 bits per heavy atom. The number of hydrogen-bond donors (Lipinski definition) is 1. The molecule has 0 saturated carbocycles. The molecule has 108 valence electrons. The molecule has 4 nitrogen and oxygen atoms in total. The predicted molar refractivity (Wildman–Crippen MR) is 83.1 cm³/mol. The Labute approximate surface area is 123 Å². The van der Waals surface area contributed by atoms with Crippen LogP contribution in [0.15, 0.2) is 46.9 Å². The van der Waals surface area contributed by atoms with Crippen molar-refractivity contribution in [2.24, 2.45) is 5.73 Å². The predicted octanol–water partition coefficient (Wildman–Crippen LogP) is 3.74. The Balaban J connectivity index is 1.92. The molecular weight excluding hydrogens is 264 g/mol. The van der Waals surface area contributed by atoms with Gasteiger partial charge in [-0.2, -0.15) is 0 Å². The number of nitrogens with two attached hydrogens (primary N) is 1. The zero-order valence-corrected chi connectivity index (χ0v) is 12.0. The summed E-state index contributed by atoms with van der Waals surface area (Å²) in [4.78, 5) is 4.53. The third-order valence-electron chi connectivity index (χ3n) is 3.27. The first-order valence-corrected chi connectivity index (χ1v) is 7.13. The van der Waals surface area contributed by atoms with Gasteiger partial charge in [-0.05, 0) is 36.2 Å². The van der Waals surface area contributed by atoms with Crippen molar-refractivity contribution in [2.45, 2.75) is 19.9 Å². The average molecular weight is 282 g/mol. The van der Waals surface area contributed by atoms with E-state index < -0.39 is 0 Å². The molecule has 0 amide bonds. The summed E-state index contributed by atoms with van der Waals surface area (Å²) in [5.74, 6) is 1.43. The van der Waals surface area contributed by atoms with Crippen molar-refractivity contribution in [3.05, 3.63) is 48.0 Å². The SMILES string of the molecule is CCCOc1ccc2oc(-c3ccc(CN)cc3)nc2c1. The summed E-state index contributed by atoms with van der Waals surface area (Å²) in [6, 6.07) is 13.6. The summed E-state index contributed by atoms with van der Waals surface area (Å²) >= 11 is 0. The van der Waals surface area contributed by atoms with Gasteiger partial charge in [0.25, 0.3) is 0 Å². The Kier molecular flexibility index (Phi) is 3.88. The van der Waals surface area contributed by atoms with E-state index in [4.69, 9.17) is 14.9 Å². The molecule has 0 atom stereocenters. The maximum atomic E-state index is 5.79. The van der Waals surface area contributed by atoms with Gasteiger partial charge in [-0.3, -0.25) is 0 Å². The fraction of sp³-hybridized carbons (Fsp3) is 0.235. The van der Waals surface area contributed by atoms with E-state index in [0.717, 1.165) is 34.4 Å². The summed E-state index contributed by atoms with van der Waals surface area (Å²) in [6.07, 6.45) is 0.982. The van der Waals surface area contributed by atoms with E-state index in [9.17, 15) is 0 Å². The molecule has 2 N–H and O–H groups in total. The number of nitrogens with zero attached hydrogens (tertiary/aromatic N) is 1. The van der Waals surface area contributed by atoms with Crippen LogP contribution in [-0.2, 0) is 6.54 Å². The third-order valence-corrected chi connectivity index (χ3v) is 3.27. The van der Waals surface area contributed by atoms with Crippen LogP contribution < -0.4 is 10.5 Å². The number of ether oxygens (including phenoxy) is 1. The van der Waals surface area contributed by atoms with E-state index >= 15 is 0 Å². The molecule has 0 spiro atoms. The lowest BCUT2D eigenvalue weighted by Crippen LogP contribution is -1.95. The molecule has 0 aliphatic heterocycles. The molecule has 3 rings (SSSR count). The van der Waals surface area contributed by atoms with Gasteiger partial charge in [0.2, 0.25) is 5.89 Å². The van der Waals surface area contributed by atoms with E-state index in [1.54, 1.807) is 0 Å². The minimum Gasteiger partial charge on any atom is -0.494 e. The normalized spacial score (nSPS) is 11.0. The second-order valence-corrected chi connectivity index (χ2v) is 4.90. The van der Waals surface area contributed by atoms with E-state index in [1.165, 1.54) is 0 Å². The van der Waals surface area contributed by atoms with Crippen molar-refractivity contribution in [3.63, 3.8) is 0 Å². The highest BCUT2D eigenvalue weighted by molar-refractivity contribution is 5.77. The van der Waals surface area contributed by atoms with Crippen LogP contribution in [0.1, 0.15) is 18.9 Å². The quantitative estimate of drug-likeness (QED) is 0.774. The number of oxazole rings is 1. The van der Waals surface area contributed by atoms with Crippen molar-refractivity contribution in [3.8, 4) is 17.2 Å². The lowest BCUT2D eigenvalue weighted by molar-refractivity contribution is 0.318. The summed E-state index contributed by atoms with van der Waals surface area (Å²) < 4.78 is 11.4. The number of rotatable bonds is 5. The van der Waals surface area contributed by atoms with Crippen molar-refractivity contribution in [1.29, 1.82) is 0 Å². The maximum Gasteiger partial charge on any atom is 0.227 e. The number of hydrogen-bond acceptors (Lipinski definition) is 4. The summed E-state index contributed by atoms with van der Waals surface area (Å²) in [7, 11) is 0. The lowest BCUT2D eigenvalue weighted by Gasteiger charge is -2.02. The zero-order valence-electron chi connectivity index (χ0n) is 12.0. The molecule has 21 heavy (non-hydrogen) atoms. The molecule has 0 bridgehead atoms. The molecule has 0 aliphatic carbocycles. The topological polar surface area (TPSA) is 61.3 Å². The van der Waals surface area contributed by atoms with Crippen molar-refractivity contribution >= 4 is 11.1 Å². The lowest BCUT2D eigenvalue weighted by atomic mass is 10.1. The van der Waals surface area contributed by atoms with Gasteiger partial charge in [-0.1, -0.05) is 19.1 Å². The van der Waals surface area contributed by atoms with Gasteiger partial charge < -0.3 is 14.9 Å². The summed E-state index contributed by atoms with van der Waals surface area (Å²) in [5, 5.41) is 0. The molecule has 0 aliphatic rings. The van der Waals surface area contributed by atoms with Crippen LogP contribution in [0.3, 0.4) is 0 Å². The minimum atomic E-state index is 0.534. The number of fused-ring (bicyclic) bond motifs is 1. The zero-order chi connectivity index (χ0) is 14.7. The summed E-state index contributed by atoms with van der Waals surface area (Å²) in [6.45, 7) is 3.32. The van der Waals surface area contributed by atoms with Crippen LogP contribution >= 0.6 is 0 Å². The molecule has 3 aromatic rings. The highest BCUT2D eigenvalue weighted by Crippen LogP contribution is 2.27. The molecule has 1 heterocycles. The monoisotopic (exact) mass is 282 g/mol. The molecule has 1 aromatic heterocycles. The van der Waals surface area contributed by atoms with Crippen LogP contribution in [0, 0.1) is 0 Å². The van der Waals surface area contributed by atoms with Gasteiger partial charge in [-0.25, -0.2) is 4.98 Å². The molecule has 4 heteroatoms. The molecule has 2 aromatic carbocycles. The molecule has 0 fully saturated rings. The van der Waals surface area contributed by atoms with E-state index in [2.05, 4.69) is 11.9 Å². The molecule has 0 radical (unpaired) electrons. The Morgan fingerprint density at radius 3 is 2.67 bits per heavy atom. The molecule has 0 saturated heterocycles. The Hall–Kier alpha value is -2.33. The molecular formula is C17H18N2O2. The smallest absolute Gasteiger partial charge is 0.227 e. The van der Waals surface area contributed by atoms with Gasteiger partial charge >= 0.3 is 0 Å². The fourth-order valence-corrected chi connectivity index (χ4v) is 2.12. The van der Waals surface area contributed by atoms with Crippen LogP contribution in [-0.4, -0.2) is 11.6 Å². The van der Waals surface area contributed by atoms with Gasteiger partial charge in [0.15, 0.2) is 5.58 Å². The Bertz CT molecular complexity index is 732. The van der Waals surface area contributed by atoms with Gasteiger partial charge in [0, 0.05) is 18.2 Å². The van der Waals surface area contributed by atoms with Gasteiger partial charge in [0.1, 0.15) is 11.3 Å². The second kappa shape index (κ2) is 5.97. The fourth-order valence-electron chi connectivity index (χ4n) is 2.12. The van der Waals surface area contributed by atoms with Crippen LogP contribution in [0.2, 0.25) is 0 Å². The first-order valence-electron chi connectivity index (χ1n) is 7.13. The van der Waals surface area contributed by atoms with Gasteiger partial charge in [0.05, 0.1) is 6.61 Å². The number of benzene rings is 2. The first-order chi connectivity index (χ1) is 10.3. The largest absolute Gasteiger partial charge is 0.494 e. The van der Waals surface area contributed by atoms with Crippen molar-refractivity contribution < 1.29 is 9.15 Å². The minimum absolute atomic E-state index is 0.534. The first kappa shape index (κ1) is 13.6. The maximum absolute atomic E-state index is 5.79. The Morgan fingerprint density at radius 1 is 1.14 bits per heavy atom. The van der Waals surface area contributed by atoms with Crippen LogP contribution in [0.5, 0.6) is 5.75 Å².